The van der Waals surface area contributed by atoms with Crippen molar-refractivity contribution < 1.29 is 17.9 Å². The van der Waals surface area contributed by atoms with Crippen LogP contribution in [0.15, 0.2) is 119 Å². The average molecular weight is 584 g/mol. The van der Waals surface area contributed by atoms with E-state index in [1.54, 1.807) is 0 Å². The predicted octanol–water partition coefficient (Wildman–Crippen LogP) is 7.45. The third-order valence-corrected chi connectivity index (χ3v) is 9.13. The van der Waals surface area contributed by atoms with Crippen LogP contribution in [-0.4, -0.2) is 29.7 Å². The van der Waals surface area contributed by atoms with E-state index >= 15 is 0 Å². The summed E-state index contributed by atoms with van der Waals surface area (Å²) in [5, 5.41) is 5.12. The molecular weight excluding hydrogens is 555 g/mol. The lowest BCUT2D eigenvalue weighted by Crippen LogP contribution is -2.36. The zero-order chi connectivity index (χ0) is 28.8. The molecule has 0 aliphatic carbocycles. The second-order valence-electron chi connectivity index (χ2n) is 9.59. The molecule has 5 rings (SSSR count). The Labute approximate surface area is 244 Å². The fourth-order valence-corrected chi connectivity index (χ4v) is 6.51. The third-order valence-electron chi connectivity index (χ3n) is 6.33. The number of rotatable bonds is 10. The van der Waals surface area contributed by atoms with Crippen LogP contribution >= 0.6 is 11.3 Å². The summed E-state index contributed by atoms with van der Waals surface area (Å²) in [6.45, 7) is 3.95. The van der Waals surface area contributed by atoms with Gasteiger partial charge in [-0.15, -0.1) is 11.3 Å². The van der Waals surface area contributed by atoms with Gasteiger partial charge in [-0.3, -0.25) is 10.1 Å². The van der Waals surface area contributed by atoms with E-state index in [1.807, 2.05) is 104 Å². The summed E-state index contributed by atoms with van der Waals surface area (Å²) < 4.78 is 34.1. The molecule has 0 aliphatic heterocycles. The van der Waals surface area contributed by atoms with Crippen molar-refractivity contribution in [3.8, 4) is 22.8 Å². The van der Waals surface area contributed by atoms with E-state index < -0.39 is 10.0 Å². The summed E-state index contributed by atoms with van der Waals surface area (Å²) in [5.74, 6) is 1.10. The van der Waals surface area contributed by atoms with E-state index in [0.29, 0.717) is 16.4 Å². The number of sulfonamides is 1. The Morgan fingerprint density at radius 1 is 0.854 bits per heavy atom. The number of carbonyl (C=O) groups is 1. The van der Waals surface area contributed by atoms with Gasteiger partial charge in [0, 0.05) is 29.1 Å². The van der Waals surface area contributed by atoms with Crippen LogP contribution in [-0.2, 0) is 16.6 Å². The number of aromatic nitrogens is 1. The zero-order valence-corrected chi connectivity index (χ0v) is 24.2. The average Bonchev–Trinajstić information content (AvgIpc) is 3.45. The predicted molar refractivity (Wildman–Crippen MR) is 163 cm³/mol. The molecule has 41 heavy (non-hydrogen) atoms. The highest BCUT2D eigenvalue weighted by atomic mass is 32.2. The van der Waals surface area contributed by atoms with Crippen molar-refractivity contribution in [2.45, 2.75) is 31.3 Å². The quantitative estimate of drug-likeness (QED) is 0.184. The Kier molecular flexibility index (Phi) is 8.58. The molecule has 208 valence electrons. The van der Waals surface area contributed by atoms with Crippen molar-refractivity contribution in [2.24, 2.45) is 0 Å². The number of amides is 1. The van der Waals surface area contributed by atoms with Gasteiger partial charge in [0.1, 0.15) is 11.5 Å². The number of carbonyl (C=O) groups excluding carboxylic acids is 1. The number of nitrogens with one attached hydrogen (secondary N) is 1. The molecule has 0 fully saturated rings. The lowest BCUT2D eigenvalue weighted by Gasteiger charge is -2.26. The summed E-state index contributed by atoms with van der Waals surface area (Å²) in [6, 6.07) is 32.3. The van der Waals surface area contributed by atoms with Crippen LogP contribution in [0.1, 0.15) is 29.8 Å². The van der Waals surface area contributed by atoms with E-state index in [0.717, 1.165) is 22.6 Å². The van der Waals surface area contributed by atoms with Gasteiger partial charge >= 0.3 is 0 Å². The highest BCUT2D eigenvalue weighted by molar-refractivity contribution is 7.89. The molecule has 1 heterocycles. The first kappa shape index (κ1) is 28.2. The molecule has 1 amide bonds. The molecule has 0 radical (unpaired) electrons. The number of benzene rings is 4. The van der Waals surface area contributed by atoms with E-state index in [4.69, 9.17) is 4.74 Å². The molecule has 0 saturated heterocycles. The minimum atomic E-state index is -3.77. The van der Waals surface area contributed by atoms with E-state index in [1.165, 1.54) is 39.9 Å². The summed E-state index contributed by atoms with van der Waals surface area (Å²) in [6.07, 6.45) is 0. The maximum absolute atomic E-state index is 13.4. The van der Waals surface area contributed by atoms with Gasteiger partial charge in [0.15, 0.2) is 5.13 Å². The first-order chi connectivity index (χ1) is 19.8. The van der Waals surface area contributed by atoms with Gasteiger partial charge < -0.3 is 4.74 Å². The number of hydrogen-bond donors (Lipinski definition) is 1. The van der Waals surface area contributed by atoms with Crippen LogP contribution in [0.25, 0.3) is 11.3 Å². The van der Waals surface area contributed by atoms with Crippen molar-refractivity contribution in [1.29, 1.82) is 0 Å². The Balaban J connectivity index is 1.24. The van der Waals surface area contributed by atoms with Gasteiger partial charge in [0.2, 0.25) is 10.0 Å². The molecule has 0 bridgehead atoms. The maximum atomic E-state index is 13.4. The SMILES string of the molecule is CC(C)N(Cc1ccccc1)S(=O)(=O)c1ccc(C(=O)Nc2nc(-c3ccc(Oc4ccccc4)cc3)cs2)cc1. The van der Waals surface area contributed by atoms with Gasteiger partial charge in [-0.1, -0.05) is 48.5 Å². The summed E-state index contributed by atoms with van der Waals surface area (Å²) >= 11 is 1.31. The largest absolute Gasteiger partial charge is 0.457 e. The number of para-hydroxylation sites is 1. The lowest BCUT2D eigenvalue weighted by atomic mass is 10.2. The second-order valence-corrected chi connectivity index (χ2v) is 12.3. The second kappa shape index (κ2) is 12.5. The fourth-order valence-electron chi connectivity index (χ4n) is 4.17. The van der Waals surface area contributed by atoms with Crippen LogP contribution in [0.4, 0.5) is 5.13 Å². The van der Waals surface area contributed by atoms with Crippen molar-refractivity contribution in [3.63, 3.8) is 0 Å². The standard InChI is InChI=1S/C32H29N3O4S2/c1-23(2)35(21-24-9-5-3-6-10-24)41(37,38)29-19-15-26(16-20-29)31(36)34-32-33-30(22-40-32)25-13-17-28(18-14-25)39-27-11-7-4-8-12-27/h3-20,22-23H,21H2,1-2H3,(H,33,34,36). The van der Waals surface area contributed by atoms with E-state index in [-0.39, 0.29) is 23.4 Å². The molecule has 4 aromatic carbocycles. The topological polar surface area (TPSA) is 88.6 Å². The maximum Gasteiger partial charge on any atom is 0.257 e. The van der Waals surface area contributed by atoms with Crippen LogP contribution in [0, 0.1) is 0 Å². The van der Waals surface area contributed by atoms with Gasteiger partial charge in [-0.05, 0) is 80.1 Å². The highest BCUT2D eigenvalue weighted by Crippen LogP contribution is 2.29. The fraction of sp³-hybridized carbons (Fsp3) is 0.125. The van der Waals surface area contributed by atoms with Gasteiger partial charge in [-0.2, -0.15) is 4.31 Å². The molecule has 0 spiro atoms. The normalized spacial score (nSPS) is 11.5. The van der Waals surface area contributed by atoms with Gasteiger partial charge in [0.05, 0.1) is 10.6 Å². The number of hydrogen-bond acceptors (Lipinski definition) is 6. The molecule has 7 nitrogen and oxygen atoms in total. The summed E-state index contributed by atoms with van der Waals surface area (Å²) in [5.41, 5.74) is 2.86. The number of anilines is 1. The molecule has 0 saturated carbocycles. The molecule has 1 aromatic heterocycles. The Morgan fingerprint density at radius 2 is 1.46 bits per heavy atom. The van der Waals surface area contributed by atoms with Gasteiger partial charge in [-0.25, -0.2) is 13.4 Å². The first-order valence-electron chi connectivity index (χ1n) is 13.1. The first-order valence-corrected chi connectivity index (χ1v) is 15.4. The zero-order valence-electron chi connectivity index (χ0n) is 22.6. The lowest BCUT2D eigenvalue weighted by molar-refractivity contribution is 0.102. The molecule has 0 unspecified atom stereocenters. The highest BCUT2D eigenvalue weighted by Gasteiger charge is 2.27. The van der Waals surface area contributed by atoms with Crippen LogP contribution < -0.4 is 10.1 Å². The van der Waals surface area contributed by atoms with Crippen LogP contribution in [0.2, 0.25) is 0 Å². The molecular formula is C32H29N3O4S2. The third kappa shape index (κ3) is 6.89. The Bertz CT molecular complexity index is 1700. The minimum Gasteiger partial charge on any atom is -0.457 e. The molecule has 5 aromatic rings. The van der Waals surface area contributed by atoms with Crippen molar-refractivity contribution in [3.05, 3.63) is 126 Å². The smallest absolute Gasteiger partial charge is 0.257 e. The Morgan fingerprint density at radius 3 is 2.10 bits per heavy atom. The number of thiazole rings is 1. The molecule has 9 heteroatoms. The molecule has 0 atom stereocenters. The monoisotopic (exact) mass is 583 g/mol. The summed E-state index contributed by atoms with van der Waals surface area (Å²) in [7, 11) is -3.77. The number of ether oxygens (including phenoxy) is 1. The van der Waals surface area contributed by atoms with Crippen molar-refractivity contribution >= 4 is 32.4 Å². The Hall–Kier alpha value is -4.31. The van der Waals surface area contributed by atoms with Crippen LogP contribution in [0.5, 0.6) is 11.5 Å². The van der Waals surface area contributed by atoms with Crippen molar-refractivity contribution in [1.82, 2.24) is 9.29 Å². The van der Waals surface area contributed by atoms with Crippen molar-refractivity contribution in [2.75, 3.05) is 5.32 Å². The molecule has 1 N–H and O–H groups in total. The minimum absolute atomic E-state index is 0.134. The van der Waals surface area contributed by atoms with Crippen LogP contribution in [0.3, 0.4) is 0 Å². The van der Waals surface area contributed by atoms with Gasteiger partial charge in [0.25, 0.3) is 5.91 Å². The summed E-state index contributed by atoms with van der Waals surface area (Å²) in [4.78, 5) is 17.6. The van der Waals surface area contributed by atoms with E-state index in [9.17, 15) is 13.2 Å². The van der Waals surface area contributed by atoms with E-state index in [2.05, 4.69) is 10.3 Å². The number of nitrogens with zero attached hydrogens (tertiary/aromatic N) is 2. The molecule has 0 aliphatic rings.